The number of benzene rings is 1. The van der Waals surface area contributed by atoms with Gasteiger partial charge < -0.3 is 18.8 Å². The maximum absolute atomic E-state index is 12.2. The van der Waals surface area contributed by atoms with Crippen LogP contribution < -0.4 is 4.74 Å². The first-order valence-electron chi connectivity index (χ1n) is 9.33. The van der Waals surface area contributed by atoms with E-state index in [1.54, 1.807) is 18.0 Å². The van der Waals surface area contributed by atoms with Crippen molar-refractivity contribution in [1.29, 1.82) is 0 Å². The fourth-order valence-electron chi connectivity index (χ4n) is 3.21. The Bertz CT molecular complexity index is 749. The van der Waals surface area contributed by atoms with E-state index in [1.807, 2.05) is 30.3 Å². The quantitative estimate of drug-likeness (QED) is 0.692. The number of nitrogens with zero attached hydrogens (tertiary/aromatic N) is 1. The van der Waals surface area contributed by atoms with E-state index in [0.717, 1.165) is 31.4 Å². The molecule has 1 aromatic heterocycles. The Kier molecular flexibility index (Phi) is 6.52. The number of amides is 1. The molecule has 0 radical (unpaired) electrons. The van der Waals surface area contributed by atoms with Crippen LogP contribution in [0, 0.1) is 0 Å². The molecule has 1 amide bonds. The van der Waals surface area contributed by atoms with Gasteiger partial charge in [0, 0.05) is 13.1 Å². The van der Waals surface area contributed by atoms with Gasteiger partial charge in [0.05, 0.1) is 0 Å². The molecule has 27 heavy (non-hydrogen) atoms. The van der Waals surface area contributed by atoms with E-state index in [9.17, 15) is 9.59 Å². The standard InChI is InChI=1S/C21H25NO5/c1-22(16-8-4-2-5-9-16)20(23)15-26-21(24)19-13-12-18(27-19)14-25-17-10-6-3-7-11-17/h3,6-7,10-13,16H,2,4-5,8-9,14-15H2,1H3. The van der Waals surface area contributed by atoms with Gasteiger partial charge in [-0.05, 0) is 37.1 Å². The molecule has 1 heterocycles. The van der Waals surface area contributed by atoms with Crippen LogP contribution in [0.1, 0.15) is 48.4 Å². The number of esters is 1. The van der Waals surface area contributed by atoms with E-state index in [-0.39, 0.29) is 30.9 Å². The fourth-order valence-corrected chi connectivity index (χ4v) is 3.21. The number of rotatable bonds is 7. The first-order chi connectivity index (χ1) is 13.1. The number of carbonyl (C=O) groups excluding carboxylic acids is 2. The normalized spacial score (nSPS) is 14.6. The predicted molar refractivity (Wildman–Crippen MR) is 99.4 cm³/mol. The third kappa shape index (κ3) is 5.36. The molecule has 2 aromatic rings. The van der Waals surface area contributed by atoms with Crippen LogP contribution >= 0.6 is 0 Å². The highest BCUT2D eigenvalue weighted by atomic mass is 16.6. The minimum atomic E-state index is -0.647. The Labute approximate surface area is 159 Å². The summed E-state index contributed by atoms with van der Waals surface area (Å²) >= 11 is 0. The molecule has 6 heteroatoms. The summed E-state index contributed by atoms with van der Waals surface area (Å²) in [7, 11) is 1.78. The molecule has 1 aromatic carbocycles. The lowest BCUT2D eigenvalue weighted by molar-refractivity contribution is -0.135. The zero-order valence-corrected chi connectivity index (χ0v) is 15.6. The van der Waals surface area contributed by atoms with Gasteiger partial charge in [-0.1, -0.05) is 37.5 Å². The van der Waals surface area contributed by atoms with E-state index in [2.05, 4.69) is 0 Å². The smallest absolute Gasteiger partial charge is 0.374 e. The second-order valence-electron chi connectivity index (χ2n) is 6.74. The first-order valence-corrected chi connectivity index (χ1v) is 9.33. The van der Waals surface area contributed by atoms with Crippen LogP contribution in [0.25, 0.3) is 0 Å². The van der Waals surface area contributed by atoms with Crippen LogP contribution in [0.3, 0.4) is 0 Å². The Morgan fingerprint density at radius 1 is 1.07 bits per heavy atom. The third-order valence-electron chi connectivity index (χ3n) is 4.83. The number of hydrogen-bond donors (Lipinski definition) is 0. The SMILES string of the molecule is CN(C(=O)COC(=O)c1ccc(COc2ccccc2)o1)C1CCCCC1. The van der Waals surface area contributed by atoms with Crippen LogP contribution in [0.2, 0.25) is 0 Å². The van der Waals surface area contributed by atoms with E-state index in [4.69, 9.17) is 13.9 Å². The zero-order chi connectivity index (χ0) is 19.1. The summed E-state index contributed by atoms with van der Waals surface area (Å²) in [5.74, 6) is 0.460. The molecule has 0 N–H and O–H groups in total. The molecule has 144 valence electrons. The van der Waals surface area contributed by atoms with Gasteiger partial charge in [-0.3, -0.25) is 4.79 Å². The summed E-state index contributed by atoms with van der Waals surface area (Å²) in [6, 6.07) is 12.8. The van der Waals surface area contributed by atoms with Gasteiger partial charge in [0.15, 0.2) is 6.61 Å². The highest BCUT2D eigenvalue weighted by Gasteiger charge is 2.23. The number of furan rings is 1. The molecular formula is C21H25NO5. The third-order valence-corrected chi connectivity index (χ3v) is 4.83. The molecule has 1 fully saturated rings. The van der Waals surface area contributed by atoms with Crippen LogP contribution in [0.4, 0.5) is 0 Å². The minimum Gasteiger partial charge on any atom is -0.486 e. The average Bonchev–Trinajstić information content (AvgIpc) is 3.20. The van der Waals surface area contributed by atoms with Crippen molar-refractivity contribution >= 4 is 11.9 Å². The van der Waals surface area contributed by atoms with Gasteiger partial charge in [-0.15, -0.1) is 0 Å². The minimum absolute atomic E-state index is 0.0646. The molecule has 1 aliphatic rings. The second-order valence-corrected chi connectivity index (χ2v) is 6.74. The molecule has 0 spiro atoms. The number of para-hydroxylation sites is 1. The van der Waals surface area contributed by atoms with Gasteiger partial charge >= 0.3 is 5.97 Å². The summed E-state index contributed by atoms with van der Waals surface area (Å²) in [5.41, 5.74) is 0. The van der Waals surface area contributed by atoms with Gasteiger partial charge in [0.2, 0.25) is 5.76 Å². The molecule has 0 saturated heterocycles. The van der Waals surface area contributed by atoms with Gasteiger partial charge in [-0.25, -0.2) is 4.79 Å². The molecule has 0 aliphatic heterocycles. The number of hydrogen-bond acceptors (Lipinski definition) is 5. The molecule has 1 aliphatic carbocycles. The molecule has 0 unspecified atom stereocenters. The monoisotopic (exact) mass is 371 g/mol. The van der Waals surface area contributed by atoms with E-state index in [0.29, 0.717) is 5.76 Å². The van der Waals surface area contributed by atoms with Gasteiger partial charge in [0.1, 0.15) is 18.1 Å². The first kappa shape index (κ1) is 19.0. The Hall–Kier alpha value is -2.76. The number of likely N-dealkylation sites (N-methyl/N-ethyl adjacent to an activating group) is 1. The van der Waals surface area contributed by atoms with Crippen molar-refractivity contribution in [3.63, 3.8) is 0 Å². The maximum atomic E-state index is 12.2. The van der Waals surface area contributed by atoms with Crippen LogP contribution in [0.5, 0.6) is 5.75 Å². The van der Waals surface area contributed by atoms with Crippen molar-refractivity contribution in [1.82, 2.24) is 4.90 Å². The topological polar surface area (TPSA) is 69.0 Å². The van der Waals surface area contributed by atoms with Crippen molar-refractivity contribution < 1.29 is 23.5 Å². The van der Waals surface area contributed by atoms with Crippen LogP contribution in [-0.4, -0.2) is 36.5 Å². The average molecular weight is 371 g/mol. The van der Waals surface area contributed by atoms with Crippen LogP contribution in [-0.2, 0) is 16.1 Å². The summed E-state index contributed by atoms with van der Waals surface area (Å²) in [4.78, 5) is 26.1. The number of carbonyl (C=O) groups is 2. The van der Waals surface area contributed by atoms with Crippen molar-refractivity contribution in [2.45, 2.75) is 44.8 Å². The lowest BCUT2D eigenvalue weighted by Crippen LogP contribution is -2.40. The van der Waals surface area contributed by atoms with E-state index < -0.39 is 5.97 Å². The molecule has 6 nitrogen and oxygen atoms in total. The molecule has 3 rings (SSSR count). The zero-order valence-electron chi connectivity index (χ0n) is 15.6. The van der Waals surface area contributed by atoms with E-state index >= 15 is 0 Å². The lowest BCUT2D eigenvalue weighted by Gasteiger charge is -2.31. The van der Waals surface area contributed by atoms with Crippen molar-refractivity contribution in [2.24, 2.45) is 0 Å². The predicted octanol–water partition coefficient (Wildman–Crippen LogP) is 3.81. The maximum Gasteiger partial charge on any atom is 0.374 e. The number of ether oxygens (including phenoxy) is 2. The summed E-state index contributed by atoms with van der Waals surface area (Å²) in [6.45, 7) is -0.0664. The lowest BCUT2D eigenvalue weighted by atomic mass is 9.94. The summed E-state index contributed by atoms with van der Waals surface area (Å²) < 4.78 is 16.1. The highest BCUT2D eigenvalue weighted by molar-refractivity contribution is 5.88. The molecule has 1 saturated carbocycles. The van der Waals surface area contributed by atoms with Crippen molar-refractivity contribution in [3.8, 4) is 5.75 Å². The fraction of sp³-hybridized carbons (Fsp3) is 0.429. The van der Waals surface area contributed by atoms with Crippen LogP contribution in [0.15, 0.2) is 46.9 Å². The Morgan fingerprint density at radius 2 is 1.81 bits per heavy atom. The van der Waals surface area contributed by atoms with Gasteiger partial charge in [0.25, 0.3) is 5.91 Å². The largest absolute Gasteiger partial charge is 0.486 e. The second kappa shape index (κ2) is 9.26. The van der Waals surface area contributed by atoms with Crippen molar-refractivity contribution in [3.05, 3.63) is 54.0 Å². The molecule has 0 atom stereocenters. The Morgan fingerprint density at radius 3 is 2.56 bits per heavy atom. The van der Waals surface area contributed by atoms with Crippen molar-refractivity contribution in [2.75, 3.05) is 13.7 Å². The summed E-state index contributed by atoms with van der Waals surface area (Å²) in [5, 5.41) is 0. The molecular weight excluding hydrogens is 346 g/mol. The molecule has 0 bridgehead atoms. The highest BCUT2D eigenvalue weighted by Crippen LogP contribution is 2.21. The Balaban J connectivity index is 1.45. The summed E-state index contributed by atoms with van der Waals surface area (Å²) in [6.07, 6.45) is 5.53. The van der Waals surface area contributed by atoms with Gasteiger partial charge in [-0.2, -0.15) is 0 Å². The van der Waals surface area contributed by atoms with E-state index in [1.165, 1.54) is 12.5 Å².